The van der Waals surface area contributed by atoms with E-state index in [0.29, 0.717) is 6.42 Å². The molecule has 4 heteroatoms. The molecule has 0 aromatic heterocycles. The molecule has 3 rings (SSSR count). The number of rotatable bonds is 5. The lowest BCUT2D eigenvalue weighted by Crippen LogP contribution is -2.20. The van der Waals surface area contributed by atoms with Crippen molar-refractivity contribution in [3.05, 3.63) is 59.7 Å². The molecule has 0 saturated heterocycles. The van der Waals surface area contributed by atoms with Crippen molar-refractivity contribution in [3.8, 4) is 0 Å². The van der Waals surface area contributed by atoms with Gasteiger partial charge in [0.15, 0.2) is 0 Å². The molecule has 0 bridgehead atoms. The van der Waals surface area contributed by atoms with Crippen LogP contribution in [0.2, 0.25) is 0 Å². The van der Waals surface area contributed by atoms with E-state index >= 15 is 0 Å². The van der Waals surface area contributed by atoms with Crippen molar-refractivity contribution in [1.29, 1.82) is 0 Å². The Kier molecular flexibility index (Phi) is 4.65. The fourth-order valence-corrected chi connectivity index (χ4v) is 2.71. The van der Waals surface area contributed by atoms with Crippen LogP contribution in [0, 0.1) is 18.8 Å². The van der Waals surface area contributed by atoms with E-state index in [4.69, 9.17) is 0 Å². The molecule has 2 atom stereocenters. The van der Waals surface area contributed by atoms with Gasteiger partial charge in [-0.25, -0.2) is 0 Å². The highest BCUT2D eigenvalue weighted by Crippen LogP contribution is 2.40. The van der Waals surface area contributed by atoms with E-state index in [9.17, 15) is 9.59 Å². The molecular formula is C20H22N2O2. The van der Waals surface area contributed by atoms with Gasteiger partial charge in [-0.1, -0.05) is 36.8 Å². The Labute approximate surface area is 142 Å². The van der Waals surface area contributed by atoms with Crippen molar-refractivity contribution in [3.63, 3.8) is 0 Å². The summed E-state index contributed by atoms with van der Waals surface area (Å²) in [6, 6.07) is 15.5. The van der Waals surface area contributed by atoms with Crippen LogP contribution < -0.4 is 10.6 Å². The summed E-state index contributed by atoms with van der Waals surface area (Å²) < 4.78 is 0. The molecule has 2 unspecified atom stereocenters. The average molecular weight is 322 g/mol. The van der Waals surface area contributed by atoms with E-state index in [1.165, 1.54) is 5.56 Å². The van der Waals surface area contributed by atoms with Crippen molar-refractivity contribution < 1.29 is 9.59 Å². The molecule has 0 spiro atoms. The first-order chi connectivity index (χ1) is 11.6. The van der Waals surface area contributed by atoms with Crippen LogP contribution in [0.1, 0.15) is 24.5 Å². The van der Waals surface area contributed by atoms with Gasteiger partial charge in [0.1, 0.15) is 0 Å². The summed E-state index contributed by atoms with van der Waals surface area (Å²) in [7, 11) is 0. The molecule has 2 aromatic carbocycles. The minimum Gasteiger partial charge on any atom is -0.326 e. The lowest BCUT2D eigenvalue weighted by atomic mass is 10.1. The maximum Gasteiger partial charge on any atom is 0.228 e. The first kappa shape index (κ1) is 16.2. The van der Waals surface area contributed by atoms with Crippen LogP contribution in [0.4, 0.5) is 11.4 Å². The Morgan fingerprint density at radius 3 is 1.79 bits per heavy atom. The second-order valence-electron chi connectivity index (χ2n) is 6.34. The minimum atomic E-state index is -0.235. The van der Waals surface area contributed by atoms with Gasteiger partial charge in [0.2, 0.25) is 11.8 Å². The molecule has 4 nitrogen and oxygen atoms in total. The molecular weight excluding hydrogens is 300 g/mol. The van der Waals surface area contributed by atoms with E-state index < -0.39 is 0 Å². The molecule has 24 heavy (non-hydrogen) atoms. The van der Waals surface area contributed by atoms with Gasteiger partial charge in [-0.05, 0) is 49.6 Å². The highest BCUT2D eigenvalue weighted by molar-refractivity contribution is 6.03. The molecule has 2 aromatic rings. The van der Waals surface area contributed by atoms with Crippen molar-refractivity contribution in [2.45, 2.75) is 26.7 Å². The number of benzene rings is 2. The molecule has 2 N–H and O–H groups in total. The van der Waals surface area contributed by atoms with Crippen molar-refractivity contribution in [2.24, 2.45) is 11.8 Å². The topological polar surface area (TPSA) is 58.2 Å². The Hall–Kier alpha value is -2.62. The third kappa shape index (κ3) is 3.82. The molecule has 1 aliphatic carbocycles. The molecule has 124 valence electrons. The van der Waals surface area contributed by atoms with Gasteiger partial charge in [0, 0.05) is 11.4 Å². The Morgan fingerprint density at radius 1 is 0.875 bits per heavy atom. The van der Waals surface area contributed by atoms with Gasteiger partial charge < -0.3 is 10.6 Å². The Balaban J connectivity index is 1.52. The van der Waals surface area contributed by atoms with Gasteiger partial charge in [-0.3, -0.25) is 9.59 Å². The lowest BCUT2D eigenvalue weighted by molar-refractivity contribution is -0.122. The van der Waals surface area contributed by atoms with Crippen LogP contribution in [0.5, 0.6) is 0 Å². The number of nitrogens with one attached hydrogen (secondary N) is 2. The fraction of sp³-hybridized carbons (Fsp3) is 0.300. The summed E-state index contributed by atoms with van der Waals surface area (Å²) in [4.78, 5) is 24.5. The maximum atomic E-state index is 12.3. The van der Waals surface area contributed by atoms with E-state index in [1.54, 1.807) is 0 Å². The predicted molar refractivity (Wildman–Crippen MR) is 95.9 cm³/mol. The SMILES string of the molecule is CCc1ccc(NC(=O)C2CC2C(=O)Nc2ccc(C)cc2)cc1. The van der Waals surface area contributed by atoms with Crippen LogP contribution in [-0.2, 0) is 16.0 Å². The number of carbonyl (C=O) groups is 2. The van der Waals surface area contributed by atoms with Crippen LogP contribution in [0.3, 0.4) is 0 Å². The third-order valence-electron chi connectivity index (χ3n) is 4.41. The highest BCUT2D eigenvalue weighted by Gasteiger charge is 2.48. The normalized spacial score (nSPS) is 18.8. The number of aryl methyl sites for hydroxylation is 2. The zero-order valence-corrected chi connectivity index (χ0v) is 14.0. The summed E-state index contributed by atoms with van der Waals surface area (Å²) in [5.74, 6) is -0.633. The minimum absolute atomic E-state index is 0.0803. The van der Waals surface area contributed by atoms with Crippen LogP contribution in [0.25, 0.3) is 0 Å². The van der Waals surface area contributed by atoms with E-state index in [1.807, 2.05) is 55.5 Å². The summed E-state index contributed by atoms with van der Waals surface area (Å²) in [5, 5.41) is 5.77. The Bertz CT molecular complexity index is 735. The van der Waals surface area contributed by atoms with E-state index in [-0.39, 0.29) is 23.7 Å². The summed E-state index contributed by atoms with van der Waals surface area (Å²) in [6.07, 6.45) is 1.58. The third-order valence-corrected chi connectivity index (χ3v) is 4.41. The van der Waals surface area contributed by atoms with Gasteiger partial charge in [0.05, 0.1) is 11.8 Å². The number of hydrogen-bond donors (Lipinski definition) is 2. The van der Waals surface area contributed by atoms with Crippen LogP contribution in [0.15, 0.2) is 48.5 Å². The summed E-state index contributed by atoms with van der Waals surface area (Å²) in [5.41, 5.74) is 3.93. The zero-order chi connectivity index (χ0) is 17.1. The second-order valence-corrected chi connectivity index (χ2v) is 6.34. The maximum absolute atomic E-state index is 12.3. The number of hydrogen-bond acceptors (Lipinski definition) is 2. The smallest absolute Gasteiger partial charge is 0.228 e. The van der Waals surface area contributed by atoms with Gasteiger partial charge >= 0.3 is 0 Å². The molecule has 0 aliphatic heterocycles. The number of carbonyl (C=O) groups excluding carboxylic acids is 2. The lowest BCUT2D eigenvalue weighted by Gasteiger charge is -2.07. The van der Waals surface area contributed by atoms with Crippen molar-refractivity contribution in [1.82, 2.24) is 0 Å². The van der Waals surface area contributed by atoms with Crippen LogP contribution in [-0.4, -0.2) is 11.8 Å². The Morgan fingerprint density at radius 2 is 1.33 bits per heavy atom. The van der Waals surface area contributed by atoms with Crippen LogP contribution >= 0.6 is 0 Å². The highest BCUT2D eigenvalue weighted by atomic mass is 16.2. The van der Waals surface area contributed by atoms with E-state index in [2.05, 4.69) is 17.6 Å². The number of amides is 2. The quantitative estimate of drug-likeness (QED) is 0.880. The second kappa shape index (κ2) is 6.87. The zero-order valence-electron chi connectivity index (χ0n) is 14.0. The monoisotopic (exact) mass is 322 g/mol. The molecule has 0 heterocycles. The van der Waals surface area contributed by atoms with Gasteiger partial charge in [0.25, 0.3) is 0 Å². The first-order valence-corrected chi connectivity index (χ1v) is 8.34. The van der Waals surface area contributed by atoms with Crippen molar-refractivity contribution in [2.75, 3.05) is 10.6 Å². The molecule has 2 amide bonds. The summed E-state index contributed by atoms with van der Waals surface area (Å²) in [6.45, 7) is 4.09. The fourth-order valence-electron chi connectivity index (χ4n) is 2.71. The molecule has 1 fully saturated rings. The molecule has 1 saturated carbocycles. The standard InChI is InChI=1S/C20H22N2O2/c1-3-14-6-10-16(11-7-14)22-20(24)18-12-17(18)19(23)21-15-8-4-13(2)5-9-15/h4-11,17-18H,3,12H2,1-2H3,(H,21,23)(H,22,24). The number of anilines is 2. The predicted octanol–water partition coefficient (Wildman–Crippen LogP) is 3.77. The molecule has 1 aliphatic rings. The average Bonchev–Trinajstić information content (AvgIpc) is 3.38. The van der Waals surface area contributed by atoms with Crippen molar-refractivity contribution >= 4 is 23.2 Å². The van der Waals surface area contributed by atoms with Gasteiger partial charge in [-0.15, -0.1) is 0 Å². The molecule has 0 radical (unpaired) electrons. The first-order valence-electron chi connectivity index (χ1n) is 8.34. The summed E-state index contributed by atoms with van der Waals surface area (Å²) >= 11 is 0. The van der Waals surface area contributed by atoms with Gasteiger partial charge in [-0.2, -0.15) is 0 Å². The van der Waals surface area contributed by atoms with E-state index in [0.717, 1.165) is 23.4 Å². The largest absolute Gasteiger partial charge is 0.326 e.